The van der Waals surface area contributed by atoms with E-state index in [0.717, 1.165) is 0 Å². The Balaban J connectivity index is 0.00000169. The minimum atomic E-state index is -0.791. The van der Waals surface area contributed by atoms with Crippen molar-refractivity contribution in [1.29, 1.82) is 0 Å². The third-order valence-electron chi connectivity index (χ3n) is 3.12. The molecular formula is C12H20ClP. The molecule has 0 spiro atoms. The van der Waals surface area contributed by atoms with Gasteiger partial charge in [0.15, 0.2) is 0 Å². The van der Waals surface area contributed by atoms with Gasteiger partial charge in [-0.25, -0.2) is 0 Å². The molecule has 0 unspecified atom stereocenters. The van der Waals surface area contributed by atoms with Crippen molar-refractivity contribution >= 4 is 12.6 Å². The SMILES string of the molecule is CC[P+](CC)(CC)c1ccccc1.[Cl-]. The van der Waals surface area contributed by atoms with Crippen LogP contribution in [0.3, 0.4) is 0 Å². The van der Waals surface area contributed by atoms with Gasteiger partial charge in [-0.15, -0.1) is 0 Å². The molecule has 0 aliphatic heterocycles. The first-order valence-electron chi connectivity index (χ1n) is 5.20. The van der Waals surface area contributed by atoms with Crippen molar-refractivity contribution in [3.63, 3.8) is 0 Å². The first-order chi connectivity index (χ1) is 6.29. The lowest BCUT2D eigenvalue weighted by Crippen LogP contribution is -3.00. The van der Waals surface area contributed by atoms with Crippen LogP contribution in [-0.2, 0) is 0 Å². The van der Waals surface area contributed by atoms with E-state index in [1.54, 1.807) is 5.30 Å². The van der Waals surface area contributed by atoms with Crippen molar-refractivity contribution in [2.45, 2.75) is 20.8 Å². The van der Waals surface area contributed by atoms with Gasteiger partial charge in [0.05, 0.1) is 23.8 Å². The highest BCUT2D eigenvalue weighted by Crippen LogP contribution is 2.56. The van der Waals surface area contributed by atoms with Crippen LogP contribution in [0.4, 0.5) is 0 Å². The molecule has 2 heteroatoms. The molecule has 0 aromatic heterocycles. The maximum atomic E-state index is 2.34. The summed E-state index contributed by atoms with van der Waals surface area (Å²) in [6.45, 7) is 7.02. The summed E-state index contributed by atoms with van der Waals surface area (Å²) in [5.41, 5.74) is 0. The monoisotopic (exact) mass is 230 g/mol. The van der Waals surface area contributed by atoms with Crippen LogP contribution in [-0.4, -0.2) is 18.5 Å². The first kappa shape index (κ1) is 13.9. The van der Waals surface area contributed by atoms with Crippen molar-refractivity contribution in [2.24, 2.45) is 0 Å². The summed E-state index contributed by atoms with van der Waals surface area (Å²) >= 11 is 0. The molecule has 0 nitrogen and oxygen atoms in total. The molecular weight excluding hydrogens is 211 g/mol. The van der Waals surface area contributed by atoms with E-state index >= 15 is 0 Å². The van der Waals surface area contributed by atoms with E-state index in [4.69, 9.17) is 0 Å². The zero-order chi connectivity index (χ0) is 9.73. The Morgan fingerprint density at radius 3 is 1.64 bits per heavy atom. The molecule has 1 aromatic rings. The Morgan fingerprint density at radius 1 is 0.857 bits per heavy atom. The molecule has 1 rings (SSSR count). The average molecular weight is 231 g/mol. The highest BCUT2D eigenvalue weighted by atomic mass is 35.5. The molecule has 0 atom stereocenters. The molecule has 0 heterocycles. The summed E-state index contributed by atoms with van der Waals surface area (Å²) in [5.74, 6) is 0. The van der Waals surface area contributed by atoms with Gasteiger partial charge in [0, 0.05) is 7.26 Å². The second-order valence-electron chi connectivity index (χ2n) is 3.43. The zero-order valence-corrected chi connectivity index (χ0v) is 11.0. The summed E-state index contributed by atoms with van der Waals surface area (Å²) < 4.78 is 0. The van der Waals surface area contributed by atoms with Crippen LogP contribution >= 0.6 is 7.26 Å². The van der Waals surface area contributed by atoms with Gasteiger partial charge in [-0.1, -0.05) is 18.2 Å². The van der Waals surface area contributed by atoms with E-state index in [2.05, 4.69) is 51.1 Å². The maximum absolute atomic E-state index is 2.34. The molecule has 0 N–H and O–H groups in total. The number of benzene rings is 1. The molecule has 0 saturated carbocycles. The highest BCUT2D eigenvalue weighted by molar-refractivity contribution is 7.82. The molecule has 0 amide bonds. The Hall–Kier alpha value is -0.0600. The molecule has 14 heavy (non-hydrogen) atoms. The van der Waals surface area contributed by atoms with Crippen LogP contribution in [0.1, 0.15) is 20.8 Å². The minimum Gasteiger partial charge on any atom is -1.00 e. The smallest absolute Gasteiger partial charge is 0.0939 e. The molecule has 0 radical (unpaired) electrons. The van der Waals surface area contributed by atoms with Crippen molar-refractivity contribution in [3.05, 3.63) is 30.3 Å². The average Bonchev–Trinajstić information content (AvgIpc) is 2.23. The summed E-state index contributed by atoms with van der Waals surface area (Å²) in [4.78, 5) is 0. The number of halogens is 1. The fraction of sp³-hybridized carbons (Fsp3) is 0.500. The molecule has 0 fully saturated rings. The quantitative estimate of drug-likeness (QED) is 0.657. The third-order valence-corrected chi connectivity index (χ3v) is 8.15. The topological polar surface area (TPSA) is 0 Å². The van der Waals surface area contributed by atoms with E-state index in [-0.39, 0.29) is 12.4 Å². The van der Waals surface area contributed by atoms with Crippen molar-refractivity contribution in [3.8, 4) is 0 Å². The van der Waals surface area contributed by atoms with Gasteiger partial charge in [0.25, 0.3) is 0 Å². The summed E-state index contributed by atoms with van der Waals surface area (Å²) in [5, 5.41) is 1.61. The second kappa shape index (κ2) is 6.43. The lowest BCUT2D eigenvalue weighted by Gasteiger charge is -2.23. The summed E-state index contributed by atoms with van der Waals surface area (Å²) in [6, 6.07) is 11.1. The lowest BCUT2D eigenvalue weighted by atomic mass is 10.4. The van der Waals surface area contributed by atoms with Crippen molar-refractivity contribution in [2.75, 3.05) is 18.5 Å². The largest absolute Gasteiger partial charge is 1.00 e. The normalized spacial score (nSPS) is 10.8. The van der Waals surface area contributed by atoms with Gasteiger partial charge in [-0.2, -0.15) is 0 Å². The Kier molecular flexibility index (Phi) is 6.40. The van der Waals surface area contributed by atoms with Gasteiger partial charge >= 0.3 is 0 Å². The van der Waals surface area contributed by atoms with Crippen LogP contribution < -0.4 is 17.7 Å². The fourth-order valence-corrected chi connectivity index (χ4v) is 5.20. The molecule has 0 aliphatic carbocycles. The van der Waals surface area contributed by atoms with Crippen LogP contribution in [0.2, 0.25) is 0 Å². The molecule has 0 saturated heterocycles. The Morgan fingerprint density at radius 2 is 1.29 bits per heavy atom. The van der Waals surface area contributed by atoms with Crippen LogP contribution in [0, 0.1) is 0 Å². The third kappa shape index (κ3) is 2.72. The maximum Gasteiger partial charge on any atom is 0.0939 e. The van der Waals surface area contributed by atoms with Gasteiger partial charge in [0.1, 0.15) is 0 Å². The van der Waals surface area contributed by atoms with Crippen molar-refractivity contribution in [1.82, 2.24) is 0 Å². The van der Waals surface area contributed by atoms with Gasteiger partial charge < -0.3 is 12.4 Å². The van der Waals surface area contributed by atoms with E-state index < -0.39 is 7.26 Å². The van der Waals surface area contributed by atoms with Crippen LogP contribution in [0.15, 0.2) is 30.3 Å². The standard InChI is InChI=1S/C12H20P.ClH/c1-4-13(5-2,6-3)12-10-8-7-9-11-12;/h7-11H,4-6H2,1-3H3;1H/q+1;/p-1. The Bertz CT molecular complexity index is 233. The number of hydrogen-bond donors (Lipinski definition) is 0. The van der Waals surface area contributed by atoms with Crippen molar-refractivity contribution < 1.29 is 12.4 Å². The van der Waals surface area contributed by atoms with Crippen LogP contribution in [0.5, 0.6) is 0 Å². The fourth-order valence-electron chi connectivity index (χ4n) is 1.96. The Labute approximate surface area is 94.9 Å². The van der Waals surface area contributed by atoms with Gasteiger partial charge in [-0.3, -0.25) is 0 Å². The van der Waals surface area contributed by atoms with Crippen LogP contribution in [0.25, 0.3) is 0 Å². The second-order valence-corrected chi connectivity index (χ2v) is 8.13. The highest BCUT2D eigenvalue weighted by Gasteiger charge is 2.33. The molecule has 80 valence electrons. The predicted octanol–water partition coefficient (Wildman–Crippen LogP) is 0.393. The molecule has 1 aromatic carbocycles. The summed E-state index contributed by atoms with van der Waals surface area (Å²) in [7, 11) is -0.791. The van der Waals surface area contributed by atoms with E-state index in [1.807, 2.05) is 0 Å². The van der Waals surface area contributed by atoms with E-state index in [9.17, 15) is 0 Å². The lowest BCUT2D eigenvalue weighted by molar-refractivity contribution is -0.00000283. The molecule has 0 aliphatic rings. The molecule has 0 bridgehead atoms. The van der Waals surface area contributed by atoms with Gasteiger partial charge in [0.2, 0.25) is 0 Å². The van der Waals surface area contributed by atoms with E-state index in [0.29, 0.717) is 0 Å². The number of hydrogen-bond acceptors (Lipinski definition) is 0. The first-order valence-corrected chi connectivity index (χ1v) is 7.55. The summed E-state index contributed by atoms with van der Waals surface area (Å²) in [6.07, 6.45) is 4.05. The predicted molar refractivity (Wildman–Crippen MR) is 64.6 cm³/mol. The number of rotatable bonds is 4. The minimum absolute atomic E-state index is 0. The zero-order valence-electron chi connectivity index (χ0n) is 9.33. The van der Waals surface area contributed by atoms with E-state index in [1.165, 1.54) is 18.5 Å². The van der Waals surface area contributed by atoms with Gasteiger partial charge in [-0.05, 0) is 32.9 Å².